The van der Waals surface area contributed by atoms with Gasteiger partial charge in [0, 0.05) is 17.0 Å². The van der Waals surface area contributed by atoms with Gasteiger partial charge in [0.25, 0.3) is 0 Å². The molecule has 0 unspecified atom stereocenters. The molecule has 1 aliphatic carbocycles. The van der Waals surface area contributed by atoms with Gasteiger partial charge in [-0.15, -0.1) is 0 Å². The zero-order valence-electron chi connectivity index (χ0n) is 12.1. The van der Waals surface area contributed by atoms with Gasteiger partial charge in [-0.3, -0.25) is 4.79 Å². The van der Waals surface area contributed by atoms with Crippen LogP contribution < -0.4 is 0 Å². The first kappa shape index (κ1) is 13.1. The summed E-state index contributed by atoms with van der Waals surface area (Å²) in [6.45, 7) is 0. The molecule has 0 bridgehead atoms. The van der Waals surface area contributed by atoms with Crippen molar-refractivity contribution in [3.8, 4) is 0 Å². The molecule has 2 aromatic carbocycles. The molecule has 0 spiro atoms. The van der Waals surface area contributed by atoms with E-state index < -0.39 is 0 Å². The van der Waals surface area contributed by atoms with E-state index in [1.54, 1.807) is 0 Å². The Morgan fingerprint density at radius 2 is 1.64 bits per heavy atom. The molecule has 0 saturated heterocycles. The van der Waals surface area contributed by atoms with E-state index in [1.165, 1.54) is 0 Å². The monoisotopic (exact) mass is 288 g/mol. The summed E-state index contributed by atoms with van der Waals surface area (Å²) in [7, 11) is 0. The van der Waals surface area contributed by atoms with Crippen molar-refractivity contribution in [3.05, 3.63) is 89.5 Å². The fraction of sp³-hybridized carbons (Fsp3) is 0.150. The quantitative estimate of drug-likeness (QED) is 0.623. The van der Waals surface area contributed by atoms with Gasteiger partial charge in [-0.2, -0.15) is 0 Å². The van der Waals surface area contributed by atoms with Crippen molar-refractivity contribution in [3.63, 3.8) is 0 Å². The van der Waals surface area contributed by atoms with Crippen LogP contribution in [0.1, 0.15) is 22.3 Å². The second kappa shape index (κ2) is 5.30. The normalized spacial score (nSPS) is 22.5. The van der Waals surface area contributed by atoms with Crippen molar-refractivity contribution in [2.45, 2.75) is 12.5 Å². The predicted molar refractivity (Wildman–Crippen MR) is 86.3 cm³/mol. The minimum absolute atomic E-state index is 0.00197. The number of ketones is 1. The van der Waals surface area contributed by atoms with Crippen LogP contribution in [0.2, 0.25) is 0 Å². The maximum Gasteiger partial charge on any atom is 0.193 e. The molecule has 0 N–H and O–H groups in total. The van der Waals surface area contributed by atoms with Crippen molar-refractivity contribution in [1.82, 2.24) is 0 Å². The van der Waals surface area contributed by atoms with Crippen molar-refractivity contribution in [2.24, 2.45) is 5.92 Å². The Bertz CT molecular complexity index is 757. The molecule has 1 heterocycles. The summed E-state index contributed by atoms with van der Waals surface area (Å²) < 4.78 is 6.10. The minimum atomic E-state index is -0.00197. The molecule has 2 aromatic rings. The smallest absolute Gasteiger partial charge is 0.193 e. The van der Waals surface area contributed by atoms with Crippen LogP contribution in [0.4, 0.5) is 0 Å². The number of hydrogen-bond donors (Lipinski definition) is 0. The van der Waals surface area contributed by atoms with Gasteiger partial charge in [0.1, 0.15) is 11.9 Å². The molecule has 2 atom stereocenters. The Hall–Kier alpha value is -2.61. The van der Waals surface area contributed by atoms with Crippen molar-refractivity contribution >= 4 is 11.5 Å². The van der Waals surface area contributed by atoms with Gasteiger partial charge in [-0.1, -0.05) is 66.7 Å². The van der Waals surface area contributed by atoms with E-state index >= 15 is 0 Å². The third kappa shape index (κ3) is 2.08. The lowest BCUT2D eigenvalue weighted by molar-refractivity contribution is 0.102. The standard InChI is InChI=1S/C20H16O2/c21-19(14-8-3-1-4-9-14)18-16-12-7-13-17(16)22-20(18)15-10-5-2-6-11-15/h1-11,13,16-17H,12H2/t16-,17+/m1/s1. The number of fused-ring (bicyclic) bond motifs is 1. The Labute approximate surface area is 129 Å². The molecular formula is C20H16O2. The van der Waals surface area contributed by atoms with Crippen molar-refractivity contribution in [2.75, 3.05) is 0 Å². The Morgan fingerprint density at radius 3 is 2.36 bits per heavy atom. The molecule has 1 aliphatic heterocycles. The molecule has 4 rings (SSSR count). The average Bonchev–Trinajstić information content (AvgIpc) is 3.16. The van der Waals surface area contributed by atoms with Gasteiger partial charge < -0.3 is 4.74 Å². The van der Waals surface area contributed by atoms with E-state index in [9.17, 15) is 4.79 Å². The summed E-state index contributed by atoms with van der Waals surface area (Å²) in [5.74, 6) is 0.965. The third-order valence-electron chi connectivity index (χ3n) is 4.30. The van der Waals surface area contributed by atoms with Crippen LogP contribution >= 0.6 is 0 Å². The predicted octanol–water partition coefficient (Wildman–Crippen LogP) is 4.26. The van der Waals surface area contributed by atoms with Crippen LogP contribution in [0.15, 0.2) is 78.4 Å². The lowest BCUT2D eigenvalue weighted by atomic mass is 9.88. The van der Waals surface area contributed by atoms with Gasteiger partial charge in [0.2, 0.25) is 0 Å². The summed E-state index contributed by atoms with van der Waals surface area (Å²) in [5.41, 5.74) is 2.51. The first-order chi connectivity index (χ1) is 10.8. The first-order valence-electron chi connectivity index (χ1n) is 7.57. The molecule has 0 amide bonds. The van der Waals surface area contributed by atoms with Crippen LogP contribution in [0, 0.1) is 5.92 Å². The van der Waals surface area contributed by atoms with Gasteiger partial charge in [0.05, 0.1) is 5.57 Å². The van der Waals surface area contributed by atoms with Crippen molar-refractivity contribution < 1.29 is 9.53 Å². The van der Waals surface area contributed by atoms with Crippen molar-refractivity contribution in [1.29, 1.82) is 0 Å². The Morgan fingerprint density at radius 1 is 0.955 bits per heavy atom. The summed E-state index contributed by atoms with van der Waals surface area (Å²) in [5, 5.41) is 0. The van der Waals surface area contributed by atoms with E-state index in [0.717, 1.165) is 28.9 Å². The largest absolute Gasteiger partial charge is 0.485 e. The van der Waals surface area contributed by atoms with E-state index in [0.29, 0.717) is 0 Å². The second-order valence-corrected chi connectivity index (χ2v) is 5.66. The van der Waals surface area contributed by atoms with Crippen LogP contribution in [-0.4, -0.2) is 11.9 Å². The van der Waals surface area contributed by atoms with E-state index in [4.69, 9.17) is 4.74 Å². The number of ether oxygens (including phenoxy) is 1. The first-order valence-corrected chi connectivity index (χ1v) is 7.57. The van der Waals surface area contributed by atoms with Gasteiger partial charge in [0.15, 0.2) is 5.78 Å². The SMILES string of the molecule is O=C(C1=C(c2ccccc2)O[C@H]2C=CC[C@@H]12)c1ccccc1. The molecule has 108 valence electrons. The van der Waals surface area contributed by atoms with Crippen LogP contribution in [0.3, 0.4) is 0 Å². The fourth-order valence-corrected chi connectivity index (χ4v) is 3.23. The fourth-order valence-electron chi connectivity index (χ4n) is 3.23. The van der Waals surface area contributed by atoms with Crippen LogP contribution in [-0.2, 0) is 4.74 Å². The summed E-state index contributed by atoms with van der Waals surface area (Å²) in [4.78, 5) is 13.0. The zero-order chi connectivity index (χ0) is 14.9. The highest BCUT2D eigenvalue weighted by Crippen LogP contribution is 2.43. The van der Waals surface area contributed by atoms with Gasteiger partial charge >= 0.3 is 0 Å². The number of rotatable bonds is 3. The van der Waals surface area contributed by atoms with Crippen LogP contribution in [0.5, 0.6) is 0 Å². The molecular weight excluding hydrogens is 272 g/mol. The molecule has 22 heavy (non-hydrogen) atoms. The molecule has 0 radical (unpaired) electrons. The van der Waals surface area contributed by atoms with Gasteiger partial charge in [-0.25, -0.2) is 0 Å². The molecule has 2 heteroatoms. The highest BCUT2D eigenvalue weighted by Gasteiger charge is 2.41. The van der Waals surface area contributed by atoms with E-state index in [2.05, 4.69) is 12.2 Å². The Kier molecular flexibility index (Phi) is 3.15. The molecule has 2 aliphatic rings. The number of Topliss-reactive ketones (excluding diaryl/α,β-unsaturated/α-hetero) is 1. The zero-order valence-corrected chi connectivity index (χ0v) is 12.1. The lowest BCUT2D eigenvalue weighted by Gasteiger charge is -2.10. The molecule has 0 saturated carbocycles. The minimum Gasteiger partial charge on any atom is -0.485 e. The lowest BCUT2D eigenvalue weighted by Crippen LogP contribution is -2.16. The average molecular weight is 288 g/mol. The molecule has 0 aromatic heterocycles. The highest BCUT2D eigenvalue weighted by atomic mass is 16.5. The number of carbonyl (C=O) groups excluding carboxylic acids is 1. The Balaban J connectivity index is 1.82. The summed E-state index contributed by atoms with van der Waals surface area (Å²) >= 11 is 0. The summed E-state index contributed by atoms with van der Waals surface area (Å²) in [6.07, 6.45) is 5.04. The number of hydrogen-bond acceptors (Lipinski definition) is 2. The topological polar surface area (TPSA) is 26.3 Å². The van der Waals surface area contributed by atoms with Gasteiger partial charge in [-0.05, 0) is 12.5 Å². The third-order valence-corrected chi connectivity index (χ3v) is 4.30. The van der Waals surface area contributed by atoms with E-state index in [1.807, 2.05) is 60.7 Å². The highest BCUT2D eigenvalue weighted by molar-refractivity contribution is 6.13. The second-order valence-electron chi connectivity index (χ2n) is 5.66. The molecule has 0 fully saturated rings. The molecule has 2 nitrogen and oxygen atoms in total. The maximum absolute atomic E-state index is 13.0. The van der Waals surface area contributed by atoms with E-state index in [-0.39, 0.29) is 17.8 Å². The number of carbonyl (C=O) groups is 1. The maximum atomic E-state index is 13.0. The number of allylic oxidation sites excluding steroid dienone is 1. The number of benzene rings is 2. The summed E-state index contributed by atoms with van der Waals surface area (Å²) in [6, 6.07) is 19.4. The van der Waals surface area contributed by atoms with Crippen LogP contribution in [0.25, 0.3) is 5.76 Å².